The molecule has 0 radical (unpaired) electrons. The first-order valence-corrected chi connectivity index (χ1v) is 7.84. The van der Waals surface area contributed by atoms with Gasteiger partial charge in [0.05, 0.1) is 19.5 Å². The minimum atomic E-state index is -0.624. The fourth-order valence-electron chi connectivity index (χ4n) is 2.83. The largest absolute Gasteiger partial charge is 0.343 e. The van der Waals surface area contributed by atoms with Crippen molar-refractivity contribution in [2.75, 3.05) is 13.2 Å². The summed E-state index contributed by atoms with van der Waals surface area (Å²) in [4.78, 5) is 4.08. The van der Waals surface area contributed by atoms with E-state index >= 15 is 0 Å². The number of aryl methyl sites for hydroxylation is 1. The van der Waals surface area contributed by atoms with Crippen LogP contribution in [0, 0.1) is 0 Å². The summed E-state index contributed by atoms with van der Waals surface area (Å²) in [6, 6.07) is 8.64. The topological polar surface area (TPSA) is 36.3 Å². The molecule has 0 amide bonds. The molecule has 118 valence electrons. The van der Waals surface area contributed by atoms with E-state index in [9.17, 15) is 0 Å². The monoisotopic (exact) mass is 300 g/mol. The Morgan fingerprint density at radius 3 is 2.36 bits per heavy atom. The van der Waals surface area contributed by atoms with Crippen LogP contribution in [0.2, 0.25) is 0 Å². The first kappa shape index (κ1) is 15.3. The van der Waals surface area contributed by atoms with Gasteiger partial charge in [-0.15, -0.1) is 0 Å². The second kappa shape index (κ2) is 5.86. The molecule has 2 aromatic rings. The van der Waals surface area contributed by atoms with Crippen molar-refractivity contribution in [1.29, 1.82) is 0 Å². The van der Waals surface area contributed by atoms with Crippen molar-refractivity contribution in [2.24, 2.45) is 0 Å². The summed E-state index contributed by atoms with van der Waals surface area (Å²) < 4.78 is 14.0. The van der Waals surface area contributed by atoms with Crippen molar-refractivity contribution in [3.8, 4) is 0 Å². The van der Waals surface area contributed by atoms with Crippen LogP contribution in [0.3, 0.4) is 0 Å². The molecule has 0 unspecified atom stereocenters. The lowest BCUT2D eigenvalue weighted by molar-refractivity contribution is -0.172. The van der Waals surface area contributed by atoms with Gasteiger partial charge < -0.3 is 14.0 Å². The summed E-state index contributed by atoms with van der Waals surface area (Å²) >= 11 is 0. The number of aromatic nitrogens is 2. The average Bonchev–Trinajstić information content (AvgIpc) is 3.17. The SMILES string of the molecule is CC(C)(C)c1ccc(C2(CCn3ccnc3)OCCO2)cc1. The predicted octanol–water partition coefficient (Wildman–Crippen LogP) is 3.47. The Morgan fingerprint density at radius 1 is 1.14 bits per heavy atom. The first-order chi connectivity index (χ1) is 10.5. The number of rotatable bonds is 4. The summed E-state index contributed by atoms with van der Waals surface area (Å²) in [6.07, 6.45) is 6.36. The molecule has 0 aliphatic carbocycles. The second-order valence-corrected chi connectivity index (χ2v) is 6.83. The number of nitrogens with zero attached hydrogens (tertiary/aromatic N) is 2. The molecule has 22 heavy (non-hydrogen) atoms. The normalized spacial score (nSPS) is 17.8. The number of hydrogen-bond donors (Lipinski definition) is 0. The molecule has 0 spiro atoms. The van der Waals surface area contributed by atoms with Crippen LogP contribution < -0.4 is 0 Å². The minimum absolute atomic E-state index is 0.153. The third-order valence-corrected chi connectivity index (χ3v) is 4.20. The van der Waals surface area contributed by atoms with Gasteiger partial charge in [-0.3, -0.25) is 0 Å². The Morgan fingerprint density at radius 2 is 1.82 bits per heavy atom. The maximum absolute atomic E-state index is 5.99. The first-order valence-electron chi connectivity index (χ1n) is 7.84. The smallest absolute Gasteiger partial charge is 0.196 e. The molecule has 0 N–H and O–H groups in total. The van der Waals surface area contributed by atoms with E-state index in [1.807, 2.05) is 12.5 Å². The van der Waals surface area contributed by atoms with Crippen LogP contribution in [0.15, 0.2) is 43.0 Å². The Balaban J connectivity index is 1.81. The van der Waals surface area contributed by atoms with Gasteiger partial charge in [-0.2, -0.15) is 0 Å². The zero-order chi connectivity index (χ0) is 15.6. The average molecular weight is 300 g/mol. The van der Waals surface area contributed by atoms with Crippen LogP contribution >= 0.6 is 0 Å². The lowest BCUT2D eigenvalue weighted by atomic mass is 9.86. The summed E-state index contributed by atoms with van der Waals surface area (Å²) in [5.41, 5.74) is 2.57. The van der Waals surface area contributed by atoms with Gasteiger partial charge in [0.25, 0.3) is 0 Å². The molecule has 2 heterocycles. The number of hydrogen-bond acceptors (Lipinski definition) is 3. The minimum Gasteiger partial charge on any atom is -0.343 e. The molecular weight excluding hydrogens is 276 g/mol. The quantitative estimate of drug-likeness (QED) is 0.867. The van der Waals surface area contributed by atoms with Gasteiger partial charge in [0.2, 0.25) is 0 Å². The van der Waals surface area contributed by atoms with Gasteiger partial charge in [-0.1, -0.05) is 45.0 Å². The molecule has 3 rings (SSSR count). The second-order valence-electron chi connectivity index (χ2n) is 6.83. The molecule has 4 heteroatoms. The zero-order valence-corrected chi connectivity index (χ0v) is 13.6. The van der Waals surface area contributed by atoms with Crippen molar-refractivity contribution in [3.05, 3.63) is 54.1 Å². The van der Waals surface area contributed by atoms with Crippen molar-refractivity contribution < 1.29 is 9.47 Å². The molecule has 1 saturated heterocycles. The van der Waals surface area contributed by atoms with E-state index in [1.54, 1.807) is 6.20 Å². The number of ether oxygens (including phenoxy) is 2. The summed E-state index contributed by atoms with van der Waals surface area (Å²) in [5.74, 6) is -0.624. The Hall–Kier alpha value is -1.65. The van der Waals surface area contributed by atoms with Gasteiger partial charge in [0.1, 0.15) is 0 Å². The highest BCUT2D eigenvalue weighted by molar-refractivity contribution is 5.30. The highest BCUT2D eigenvalue weighted by Gasteiger charge is 2.38. The van der Waals surface area contributed by atoms with Crippen LogP contribution in [0.4, 0.5) is 0 Å². The fraction of sp³-hybridized carbons (Fsp3) is 0.500. The molecule has 1 aromatic carbocycles. The van der Waals surface area contributed by atoms with Crippen LogP contribution in [0.5, 0.6) is 0 Å². The van der Waals surface area contributed by atoms with Gasteiger partial charge in [0, 0.05) is 30.9 Å². The van der Waals surface area contributed by atoms with Gasteiger partial charge in [0.15, 0.2) is 5.79 Å². The van der Waals surface area contributed by atoms with Crippen molar-refractivity contribution in [2.45, 2.75) is 44.9 Å². The molecule has 1 aliphatic rings. The van der Waals surface area contributed by atoms with Crippen LogP contribution in [0.1, 0.15) is 38.3 Å². The highest BCUT2D eigenvalue weighted by atomic mass is 16.7. The summed E-state index contributed by atoms with van der Waals surface area (Å²) in [5, 5.41) is 0. The molecule has 1 aliphatic heterocycles. The molecule has 0 saturated carbocycles. The van der Waals surface area contributed by atoms with Crippen molar-refractivity contribution in [1.82, 2.24) is 9.55 Å². The lowest BCUT2D eigenvalue weighted by Crippen LogP contribution is -2.29. The molecule has 4 nitrogen and oxygen atoms in total. The van der Waals surface area contributed by atoms with Crippen LogP contribution in [0.25, 0.3) is 0 Å². The maximum Gasteiger partial charge on any atom is 0.196 e. The molecule has 0 bridgehead atoms. The van der Waals surface area contributed by atoms with E-state index in [1.165, 1.54) is 5.56 Å². The van der Waals surface area contributed by atoms with E-state index < -0.39 is 5.79 Å². The van der Waals surface area contributed by atoms with Gasteiger partial charge in [-0.25, -0.2) is 4.98 Å². The standard InChI is InChI=1S/C18H24N2O2/c1-17(2,3)15-4-6-16(7-5-15)18(21-12-13-22-18)8-10-20-11-9-19-14-20/h4-7,9,11,14H,8,10,12-13H2,1-3H3. The van der Waals surface area contributed by atoms with Gasteiger partial charge in [-0.05, 0) is 11.0 Å². The van der Waals surface area contributed by atoms with E-state index in [2.05, 4.69) is 54.6 Å². The number of imidazole rings is 1. The van der Waals surface area contributed by atoms with Crippen LogP contribution in [-0.2, 0) is 27.2 Å². The van der Waals surface area contributed by atoms with E-state index in [0.29, 0.717) is 13.2 Å². The molecular formula is C18H24N2O2. The highest BCUT2D eigenvalue weighted by Crippen LogP contribution is 2.36. The Labute approximate surface area is 132 Å². The summed E-state index contributed by atoms with van der Waals surface area (Å²) in [7, 11) is 0. The Kier molecular flexibility index (Phi) is 4.06. The maximum atomic E-state index is 5.99. The van der Waals surface area contributed by atoms with E-state index in [0.717, 1.165) is 18.5 Å². The number of benzene rings is 1. The fourth-order valence-corrected chi connectivity index (χ4v) is 2.83. The van der Waals surface area contributed by atoms with Gasteiger partial charge >= 0.3 is 0 Å². The van der Waals surface area contributed by atoms with E-state index in [4.69, 9.17) is 9.47 Å². The predicted molar refractivity (Wildman–Crippen MR) is 85.6 cm³/mol. The lowest BCUT2D eigenvalue weighted by Gasteiger charge is -2.29. The molecule has 0 atom stereocenters. The third-order valence-electron chi connectivity index (χ3n) is 4.20. The summed E-state index contributed by atoms with van der Waals surface area (Å²) in [6.45, 7) is 8.77. The van der Waals surface area contributed by atoms with E-state index in [-0.39, 0.29) is 5.41 Å². The third kappa shape index (κ3) is 3.08. The Bertz CT molecular complexity index is 591. The zero-order valence-electron chi connectivity index (χ0n) is 13.6. The molecule has 1 fully saturated rings. The van der Waals surface area contributed by atoms with Crippen molar-refractivity contribution in [3.63, 3.8) is 0 Å². The van der Waals surface area contributed by atoms with Crippen molar-refractivity contribution >= 4 is 0 Å². The van der Waals surface area contributed by atoms with Crippen LogP contribution in [-0.4, -0.2) is 22.8 Å². The molecule has 1 aromatic heterocycles.